The lowest BCUT2D eigenvalue weighted by Gasteiger charge is -2.36. The molecule has 9 nitrogen and oxygen atoms in total. The van der Waals surface area contributed by atoms with Gasteiger partial charge in [0.25, 0.3) is 5.91 Å². The second-order valence-corrected chi connectivity index (χ2v) is 9.47. The van der Waals surface area contributed by atoms with Crippen LogP contribution in [0.1, 0.15) is 43.1 Å². The van der Waals surface area contributed by atoms with Crippen molar-refractivity contribution in [1.82, 2.24) is 20.1 Å². The highest BCUT2D eigenvalue weighted by Crippen LogP contribution is 2.26. The van der Waals surface area contributed by atoms with Crippen LogP contribution < -0.4 is 15.4 Å². The normalized spacial score (nSPS) is 21.5. The van der Waals surface area contributed by atoms with Gasteiger partial charge in [0.1, 0.15) is 12.4 Å². The highest BCUT2D eigenvalue weighted by molar-refractivity contribution is 5.99. The highest BCUT2D eigenvalue weighted by Gasteiger charge is 2.28. The molecule has 1 aliphatic rings. The number of nitrogens with one attached hydrogen (secondary N) is 2. The predicted octanol–water partition coefficient (Wildman–Crippen LogP) is 3.62. The van der Waals surface area contributed by atoms with E-state index in [-0.39, 0.29) is 30.0 Å². The van der Waals surface area contributed by atoms with Gasteiger partial charge in [0.05, 0.1) is 11.7 Å². The first-order valence-electron chi connectivity index (χ1n) is 12.5. The summed E-state index contributed by atoms with van der Waals surface area (Å²) in [7, 11) is 3.46. The summed E-state index contributed by atoms with van der Waals surface area (Å²) in [6, 6.07) is 9.00. The third-order valence-electron chi connectivity index (χ3n) is 6.50. The number of methoxy groups -OCH3 is 1. The Bertz CT molecular complexity index is 1000. The summed E-state index contributed by atoms with van der Waals surface area (Å²) >= 11 is 0. The Balaban J connectivity index is 1.89. The molecule has 0 unspecified atom stereocenters. The number of anilines is 1. The van der Waals surface area contributed by atoms with Gasteiger partial charge in [-0.15, -0.1) is 0 Å². The van der Waals surface area contributed by atoms with Gasteiger partial charge in [-0.05, 0) is 55.2 Å². The van der Waals surface area contributed by atoms with Crippen LogP contribution in [0.3, 0.4) is 0 Å². The summed E-state index contributed by atoms with van der Waals surface area (Å²) in [5, 5.41) is 5.59. The highest BCUT2D eigenvalue weighted by atomic mass is 16.5. The van der Waals surface area contributed by atoms with E-state index in [0.29, 0.717) is 36.7 Å². The van der Waals surface area contributed by atoms with E-state index in [4.69, 9.17) is 9.47 Å². The fourth-order valence-electron chi connectivity index (χ4n) is 4.29. The molecule has 3 rings (SSSR count). The van der Waals surface area contributed by atoms with Crippen molar-refractivity contribution in [3.8, 4) is 5.75 Å². The molecule has 3 amide bonds. The van der Waals surface area contributed by atoms with Crippen LogP contribution >= 0.6 is 0 Å². The van der Waals surface area contributed by atoms with E-state index in [9.17, 15) is 9.59 Å². The molecule has 9 heteroatoms. The monoisotopic (exact) mass is 497 g/mol. The predicted molar refractivity (Wildman–Crippen MR) is 140 cm³/mol. The number of nitrogens with zero attached hydrogens (tertiary/aromatic N) is 3. The van der Waals surface area contributed by atoms with Gasteiger partial charge in [-0.3, -0.25) is 14.7 Å². The number of carbonyl (C=O) groups is 2. The fraction of sp³-hybridized carbons (Fsp3) is 0.519. The van der Waals surface area contributed by atoms with Gasteiger partial charge in [0.2, 0.25) is 0 Å². The number of hydrogen-bond acceptors (Lipinski definition) is 6. The molecule has 0 saturated carbocycles. The standard InChI is InChI=1S/C27H39N5O4/c1-6-11-29-27(34)30-22-7-8-24-23(14-22)26(33)31(4)17-25(35-5)19(2)15-32(20(3)18-36-24)16-21-9-12-28-13-10-21/h7-10,12-14,19-20,25H,6,11,15-18H2,1-5H3,(H2,29,30,34)/t19-,20+,25-/m1/s1. The molecule has 0 radical (unpaired) electrons. The Morgan fingerprint density at radius 1 is 1.19 bits per heavy atom. The van der Waals surface area contributed by atoms with Gasteiger partial charge in [-0.25, -0.2) is 4.79 Å². The SMILES string of the molecule is CCCNC(=O)Nc1ccc2c(c1)C(=O)N(C)C[C@@H](OC)[C@H](C)CN(Cc1ccncc1)[C@@H](C)CO2. The Kier molecular flexibility index (Phi) is 10.1. The van der Waals surface area contributed by atoms with E-state index < -0.39 is 0 Å². The van der Waals surface area contributed by atoms with E-state index in [1.54, 1.807) is 49.7 Å². The van der Waals surface area contributed by atoms with Gasteiger partial charge in [-0.1, -0.05) is 13.8 Å². The van der Waals surface area contributed by atoms with Gasteiger partial charge in [0.15, 0.2) is 0 Å². The molecule has 0 bridgehead atoms. The van der Waals surface area contributed by atoms with Crippen molar-refractivity contribution in [2.24, 2.45) is 5.92 Å². The fourth-order valence-corrected chi connectivity index (χ4v) is 4.29. The smallest absolute Gasteiger partial charge is 0.319 e. The zero-order valence-corrected chi connectivity index (χ0v) is 22.0. The maximum Gasteiger partial charge on any atom is 0.319 e. The number of amides is 3. The van der Waals surface area contributed by atoms with Gasteiger partial charge in [0, 0.05) is 64.5 Å². The van der Waals surface area contributed by atoms with E-state index in [2.05, 4.69) is 34.4 Å². The summed E-state index contributed by atoms with van der Waals surface area (Å²) in [4.78, 5) is 33.8. The molecular formula is C27H39N5O4. The largest absolute Gasteiger partial charge is 0.491 e. The van der Waals surface area contributed by atoms with Crippen LogP contribution in [-0.4, -0.2) is 79.3 Å². The van der Waals surface area contributed by atoms with Crippen LogP contribution in [-0.2, 0) is 11.3 Å². The zero-order chi connectivity index (χ0) is 26.1. The van der Waals surface area contributed by atoms with Crippen LogP contribution in [0.4, 0.5) is 10.5 Å². The van der Waals surface area contributed by atoms with Crippen LogP contribution in [0.5, 0.6) is 5.75 Å². The molecule has 1 aliphatic heterocycles. The molecular weight excluding hydrogens is 458 g/mol. The summed E-state index contributed by atoms with van der Waals surface area (Å²) in [6.45, 7) is 9.22. The molecule has 196 valence electrons. The number of rotatable bonds is 6. The summed E-state index contributed by atoms with van der Waals surface area (Å²) < 4.78 is 12.0. The third-order valence-corrected chi connectivity index (χ3v) is 6.50. The van der Waals surface area contributed by atoms with Gasteiger partial charge >= 0.3 is 6.03 Å². The van der Waals surface area contributed by atoms with Crippen LogP contribution in [0.25, 0.3) is 0 Å². The van der Waals surface area contributed by atoms with E-state index in [0.717, 1.165) is 19.5 Å². The number of carbonyl (C=O) groups excluding carboxylic acids is 2. The quantitative estimate of drug-likeness (QED) is 0.633. The lowest BCUT2D eigenvalue weighted by molar-refractivity contribution is 0.00921. The minimum atomic E-state index is -0.305. The summed E-state index contributed by atoms with van der Waals surface area (Å²) in [5.41, 5.74) is 2.11. The molecule has 1 aromatic heterocycles. The van der Waals surface area contributed by atoms with Crippen molar-refractivity contribution in [2.75, 3.05) is 45.7 Å². The Labute approximate surface area is 214 Å². The van der Waals surface area contributed by atoms with Gasteiger partial charge in [-0.2, -0.15) is 0 Å². The molecule has 3 atom stereocenters. The number of urea groups is 1. The third kappa shape index (κ3) is 7.41. The second-order valence-electron chi connectivity index (χ2n) is 9.47. The first-order valence-corrected chi connectivity index (χ1v) is 12.5. The molecule has 0 fully saturated rings. The minimum absolute atomic E-state index is 0.0795. The maximum absolute atomic E-state index is 13.5. The molecule has 0 aliphatic carbocycles. The topological polar surface area (TPSA) is 96.0 Å². The number of likely N-dealkylation sites (N-methyl/N-ethyl adjacent to an activating group) is 1. The first-order chi connectivity index (χ1) is 17.3. The minimum Gasteiger partial charge on any atom is -0.491 e. The molecule has 1 aromatic carbocycles. The average molecular weight is 498 g/mol. The van der Waals surface area contributed by atoms with Crippen molar-refractivity contribution >= 4 is 17.6 Å². The number of hydrogen-bond donors (Lipinski definition) is 2. The van der Waals surface area contributed by atoms with Crippen molar-refractivity contribution in [2.45, 2.75) is 45.9 Å². The number of pyridine rings is 1. The second kappa shape index (κ2) is 13.2. The lowest BCUT2D eigenvalue weighted by atomic mass is 10.0. The summed E-state index contributed by atoms with van der Waals surface area (Å²) in [5.74, 6) is 0.479. The molecule has 2 heterocycles. The lowest BCUT2D eigenvalue weighted by Crippen LogP contribution is -2.46. The van der Waals surface area contributed by atoms with E-state index in [1.807, 2.05) is 19.1 Å². The van der Waals surface area contributed by atoms with Crippen molar-refractivity contribution in [3.63, 3.8) is 0 Å². The van der Waals surface area contributed by atoms with Crippen LogP contribution in [0, 0.1) is 5.92 Å². The number of ether oxygens (including phenoxy) is 2. The van der Waals surface area contributed by atoms with Crippen LogP contribution in [0.2, 0.25) is 0 Å². The van der Waals surface area contributed by atoms with Crippen molar-refractivity contribution < 1.29 is 19.1 Å². The number of aromatic nitrogens is 1. The van der Waals surface area contributed by atoms with Gasteiger partial charge < -0.3 is 25.0 Å². The molecule has 36 heavy (non-hydrogen) atoms. The maximum atomic E-state index is 13.5. The first kappa shape index (κ1) is 27.4. The Morgan fingerprint density at radius 3 is 2.64 bits per heavy atom. The van der Waals surface area contributed by atoms with Crippen molar-refractivity contribution in [3.05, 3.63) is 53.9 Å². The number of fused-ring (bicyclic) bond motifs is 1. The van der Waals surface area contributed by atoms with E-state index >= 15 is 0 Å². The molecule has 0 saturated heterocycles. The summed E-state index contributed by atoms with van der Waals surface area (Å²) in [6.07, 6.45) is 4.30. The molecule has 2 aromatic rings. The zero-order valence-electron chi connectivity index (χ0n) is 22.0. The number of benzene rings is 1. The molecule has 2 N–H and O–H groups in total. The molecule has 0 spiro atoms. The van der Waals surface area contributed by atoms with Crippen molar-refractivity contribution in [1.29, 1.82) is 0 Å². The van der Waals surface area contributed by atoms with E-state index in [1.165, 1.54) is 5.56 Å². The average Bonchev–Trinajstić information content (AvgIpc) is 2.88. The van der Waals surface area contributed by atoms with Crippen LogP contribution in [0.15, 0.2) is 42.7 Å². The Morgan fingerprint density at radius 2 is 1.94 bits per heavy atom. The Hall–Kier alpha value is -3.17.